The van der Waals surface area contributed by atoms with E-state index in [1.165, 1.54) is 7.11 Å². The highest BCUT2D eigenvalue weighted by molar-refractivity contribution is 6.30. The summed E-state index contributed by atoms with van der Waals surface area (Å²) in [6.07, 6.45) is 0.883. The Morgan fingerprint density at radius 3 is 2.90 bits per heavy atom. The molecule has 1 aromatic carbocycles. The van der Waals surface area contributed by atoms with Crippen LogP contribution in [0.25, 0.3) is 11.3 Å². The van der Waals surface area contributed by atoms with Gasteiger partial charge in [0.15, 0.2) is 5.56 Å². The number of hydrogen-bond donors (Lipinski definition) is 1. The van der Waals surface area contributed by atoms with E-state index in [0.29, 0.717) is 22.2 Å². The number of carbonyl (C=O) groups excluding carboxylic acids is 1. The zero-order valence-corrected chi connectivity index (χ0v) is 12.9. The molecular formula is C15H17ClN2O3. The number of rotatable bonds is 5. The molecule has 0 aliphatic carbocycles. The molecule has 0 radical (unpaired) electrons. The Kier molecular flexibility index (Phi) is 4.85. The predicted molar refractivity (Wildman–Crippen MR) is 81.7 cm³/mol. The van der Waals surface area contributed by atoms with Crippen LogP contribution in [0.1, 0.15) is 30.6 Å². The molecule has 1 heterocycles. The summed E-state index contributed by atoms with van der Waals surface area (Å²) in [5.41, 5.74) is 1.39. The van der Waals surface area contributed by atoms with Crippen LogP contribution in [0.2, 0.25) is 5.02 Å². The highest BCUT2D eigenvalue weighted by Crippen LogP contribution is 2.31. The van der Waals surface area contributed by atoms with Crippen molar-refractivity contribution in [2.45, 2.75) is 26.3 Å². The van der Waals surface area contributed by atoms with Crippen molar-refractivity contribution in [3.63, 3.8) is 0 Å². The van der Waals surface area contributed by atoms with Crippen molar-refractivity contribution in [1.29, 1.82) is 0 Å². The van der Waals surface area contributed by atoms with E-state index in [-0.39, 0.29) is 11.6 Å². The molecule has 1 N–H and O–H groups in total. The number of ether oxygens (including phenoxy) is 1. The predicted octanol–water partition coefficient (Wildman–Crippen LogP) is 3.99. The van der Waals surface area contributed by atoms with Gasteiger partial charge in [0, 0.05) is 16.6 Å². The van der Waals surface area contributed by atoms with Gasteiger partial charge in [0.2, 0.25) is 5.88 Å². The topological polar surface area (TPSA) is 64.4 Å². The molecule has 112 valence electrons. The van der Waals surface area contributed by atoms with Crippen molar-refractivity contribution in [3.05, 3.63) is 34.9 Å². The van der Waals surface area contributed by atoms with Crippen LogP contribution in [0.4, 0.5) is 5.88 Å². The second-order valence-electron chi connectivity index (χ2n) is 4.69. The number of hydrogen-bond acceptors (Lipinski definition) is 5. The monoisotopic (exact) mass is 308 g/mol. The van der Waals surface area contributed by atoms with Crippen molar-refractivity contribution < 1.29 is 14.1 Å². The van der Waals surface area contributed by atoms with Gasteiger partial charge in [-0.1, -0.05) is 35.8 Å². The molecule has 2 rings (SSSR count). The van der Waals surface area contributed by atoms with Gasteiger partial charge in [-0.25, -0.2) is 4.79 Å². The molecule has 0 aliphatic heterocycles. The van der Waals surface area contributed by atoms with Crippen LogP contribution in [0.5, 0.6) is 0 Å². The lowest BCUT2D eigenvalue weighted by Crippen LogP contribution is -2.15. The lowest BCUT2D eigenvalue weighted by Gasteiger charge is -2.10. The first-order valence-corrected chi connectivity index (χ1v) is 7.05. The molecule has 5 nitrogen and oxygen atoms in total. The third-order valence-corrected chi connectivity index (χ3v) is 3.40. The Hall–Kier alpha value is -2.01. The smallest absolute Gasteiger partial charge is 0.345 e. The number of esters is 1. The van der Waals surface area contributed by atoms with Crippen LogP contribution in [-0.4, -0.2) is 24.3 Å². The van der Waals surface area contributed by atoms with Gasteiger partial charge in [0.05, 0.1) is 7.11 Å². The maximum Gasteiger partial charge on any atom is 0.345 e. The molecule has 0 spiro atoms. The quantitative estimate of drug-likeness (QED) is 0.846. The summed E-state index contributed by atoms with van der Waals surface area (Å²) in [6, 6.07) is 7.21. The molecule has 0 fully saturated rings. The minimum atomic E-state index is -0.503. The maximum atomic E-state index is 12.0. The molecule has 6 heteroatoms. The summed E-state index contributed by atoms with van der Waals surface area (Å²) in [7, 11) is 1.32. The summed E-state index contributed by atoms with van der Waals surface area (Å²) in [4.78, 5) is 12.0. The minimum absolute atomic E-state index is 0.147. The number of anilines is 1. The molecule has 2 aromatic rings. The molecule has 0 saturated carbocycles. The summed E-state index contributed by atoms with van der Waals surface area (Å²) in [5, 5.41) is 7.66. The van der Waals surface area contributed by atoms with Gasteiger partial charge in [-0.15, -0.1) is 0 Å². The first kappa shape index (κ1) is 15.4. The molecule has 1 aromatic heterocycles. The van der Waals surface area contributed by atoms with Gasteiger partial charge < -0.3 is 14.6 Å². The van der Waals surface area contributed by atoms with Gasteiger partial charge in [0.25, 0.3) is 0 Å². The molecule has 0 saturated heterocycles. The third-order valence-electron chi connectivity index (χ3n) is 3.17. The van der Waals surface area contributed by atoms with Crippen molar-refractivity contribution in [2.75, 3.05) is 12.4 Å². The van der Waals surface area contributed by atoms with Gasteiger partial charge in [-0.3, -0.25) is 0 Å². The van der Waals surface area contributed by atoms with E-state index in [1.54, 1.807) is 18.2 Å². The van der Waals surface area contributed by atoms with Crippen molar-refractivity contribution >= 4 is 23.5 Å². The van der Waals surface area contributed by atoms with E-state index in [1.807, 2.05) is 19.9 Å². The van der Waals surface area contributed by atoms with E-state index < -0.39 is 5.97 Å². The van der Waals surface area contributed by atoms with E-state index in [9.17, 15) is 4.79 Å². The zero-order chi connectivity index (χ0) is 15.4. The summed E-state index contributed by atoms with van der Waals surface area (Å²) >= 11 is 5.98. The summed E-state index contributed by atoms with van der Waals surface area (Å²) in [6.45, 7) is 4.02. The number of carbonyl (C=O) groups is 1. The van der Waals surface area contributed by atoms with Crippen molar-refractivity contribution in [2.24, 2.45) is 0 Å². The van der Waals surface area contributed by atoms with Crippen LogP contribution in [0.15, 0.2) is 28.8 Å². The SMILES string of the molecule is CC[C@H](C)Nc1onc(-c2cccc(Cl)c2)c1C(=O)OC. The van der Waals surface area contributed by atoms with Crippen LogP contribution in [-0.2, 0) is 4.74 Å². The fourth-order valence-corrected chi connectivity index (χ4v) is 2.03. The number of nitrogens with one attached hydrogen (secondary N) is 1. The number of halogens is 1. The molecule has 0 unspecified atom stereocenters. The van der Waals surface area contributed by atoms with Gasteiger partial charge >= 0.3 is 5.97 Å². The van der Waals surface area contributed by atoms with Crippen molar-refractivity contribution in [1.82, 2.24) is 5.16 Å². The molecule has 0 bridgehead atoms. The Labute approximate surface area is 128 Å². The van der Waals surface area contributed by atoms with Gasteiger partial charge in [-0.05, 0) is 25.5 Å². The molecule has 21 heavy (non-hydrogen) atoms. The minimum Gasteiger partial charge on any atom is -0.465 e. The third kappa shape index (κ3) is 3.36. The van der Waals surface area contributed by atoms with E-state index >= 15 is 0 Å². The first-order valence-electron chi connectivity index (χ1n) is 6.67. The Morgan fingerprint density at radius 2 is 2.29 bits per heavy atom. The second-order valence-corrected chi connectivity index (χ2v) is 5.13. The molecular weight excluding hydrogens is 292 g/mol. The van der Waals surface area contributed by atoms with Crippen LogP contribution in [0, 0.1) is 0 Å². The summed E-state index contributed by atoms with van der Waals surface area (Å²) in [5.74, 6) is -0.191. The maximum absolute atomic E-state index is 12.0. The normalized spacial score (nSPS) is 12.0. The van der Waals surface area contributed by atoms with Gasteiger partial charge in [-0.2, -0.15) is 0 Å². The van der Waals surface area contributed by atoms with E-state index in [0.717, 1.165) is 6.42 Å². The van der Waals surface area contributed by atoms with E-state index in [2.05, 4.69) is 10.5 Å². The Bertz CT molecular complexity index is 640. The average Bonchev–Trinajstić information content (AvgIpc) is 2.89. The number of methoxy groups -OCH3 is 1. The highest BCUT2D eigenvalue weighted by Gasteiger charge is 2.25. The number of nitrogens with zero attached hydrogens (tertiary/aromatic N) is 1. The number of aromatic nitrogens is 1. The highest BCUT2D eigenvalue weighted by atomic mass is 35.5. The van der Waals surface area contributed by atoms with Gasteiger partial charge in [0.1, 0.15) is 5.69 Å². The van der Waals surface area contributed by atoms with Crippen LogP contribution >= 0.6 is 11.6 Å². The van der Waals surface area contributed by atoms with E-state index in [4.69, 9.17) is 20.9 Å². The largest absolute Gasteiger partial charge is 0.465 e. The van der Waals surface area contributed by atoms with Crippen LogP contribution in [0.3, 0.4) is 0 Å². The summed E-state index contributed by atoms with van der Waals surface area (Å²) < 4.78 is 10.1. The Morgan fingerprint density at radius 1 is 1.52 bits per heavy atom. The average molecular weight is 309 g/mol. The zero-order valence-electron chi connectivity index (χ0n) is 12.1. The van der Waals surface area contributed by atoms with Crippen LogP contribution < -0.4 is 5.32 Å². The molecule has 0 amide bonds. The molecule has 0 aliphatic rings. The lowest BCUT2D eigenvalue weighted by atomic mass is 10.1. The Balaban J connectivity index is 2.49. The molecule has 1 atom stereocenters. The first-order chi connectivity index (χ1) is 10.1. The number of benzene rings is 1. The standard InChI is InChI=1S/C15H17ClN2O3/c1-4-9(2)17-14-12(15(19)20-3)13(18-21-14)10-6-5-7-11(16)8-10/h5-9,17H,4H2,1-3H3/t9-/m0/s1. The van der Waals surface area contributed by atoms with Crippen molar-refractivity contribution in [3.8, 4) is 11.3 Å². The lowest BCUT2D eigenvalue weighted by molar-refractivity contribution is 0.0602. The second kappa shape index (κ2) is 6.63. The fraction of sp³-hybridized carbons (Fsp3) is 0.333. The fourth-order valence-electron chi connectivity index (χ4n) is 1.84.